The van der Waals surface area contributed by atoms with Crippen LogP contribution in [0, 0.1) is 0 Å². The number of thiophene rings is 1. The standard InChI is InChI=1S/C15H17ClN2O2S/c1-2-20-15(19)12-9-10(17)3-5-13(12)18-8-7-11-4-6-14(16)21-11/h3-6,9,18H,2,7-8,17H2,1H3. The summed E-state index contributed by atoms with van der Waals surface area (Å²) in [5.41, 5.74) is 7.46. The monoisotopic (exact) mass is 324 g/mol. The molecule has 3 N–H and O–H groups in total. The van der Waals surface area contributed by atoms with E-state index in [4.69, 9.17) is 22.1 Å². The van der Waals surface area contributed by atoms with E-state index in [1.54, 1.807) is 36.5 Å². The molecule has 0 fully saturated rings. The highest BCUT2D eigenvalue weighted by molar-refractivity contribution is 7.16. The molecule has 0 saturated heterocycles. The van der Waals surface area contributed by atoms with Crippen molar-refractivity contribution < 1.29 is 9.53 Å². The molecule has 0 aliphatic rings. The summed E-state index contributed by atoms with van der Waals surface area (Å²) in [6, 6.07) is 9.07. The number of nitrogens with one attached hydrogen (secondary N) is 1. The van der Waals surface area contributed by atoms with Crippen LogP contribution in [0.4, 0.5) is 11.4 Å². The number of benzene rings is 1. The van der Waals surface area contributed by atoms with Crippen molar-refractivity contribution in [2.75, 3.05) is 24.2 Å². The number of halogens is 1. The van der Waals surface area contributed by atoms with Gasteiger partial charge in [-0.3, -0.25) is 0 Å². The molecule has 0 aliphatic carbocycles. The first-order valence-electron chi connectivity index (χ1n) is 6.65. The van der Waals surface area contributed by atoms with Crippen LogP contribution in [0.5, 0.6) is 0 Å². The maximum absolute atomic E-state index is 11.9. The van der Waals surface area contributed by atoms with Crippen LogP contribution in [0.15, 0.2) is 30.3 Å². The minimum Gasteiger partial charge on any atom is -0.462 e. The Labute approximate surface area is 132 Å². The average molecular weight is 325 g/mol. The Bertz CT molecular complexity index is 628. The number of anilines is 2. The molecule has 112 valence electrons. The fraction of sp³-hybridized carbons (Fsp3) is 0.267. The molecule has 21 heavy (non-hydrogen) atoms. The van der Waals surface area contributed by atoms with Crippen LogP contribution in [0.2, 0.25) is 4.34 Å². The summed E-state index contributed by atoms with van der Waals surface area (Å²) in [6.45, 7) is 2.81. The number of carbonyl (C=O) groups excluding carboxylic acids is 1. The zero-order valence-corrected chi connectivity index (χ0v) is 13.3. The number of esters is 1. The largest absolute Gasteiger partial charge is 0.462 e. The Morgan fingerprint density at radius 3 is 2.86 bits per heavy atom. The van der Waals surface area contributed by atoms with Crippen LogP contribution < -0.4 is 11.1 Å². The number of hydrogen-bond donors (Lipinski definition) is 2. The Morgan fingerprint density at radius 2 is 2.19 bits per heavy atom. The second kappa shape index (κ2) is 7.33. The van der Waals surface area contributed by atoms with Crippen molar-refractivity contribution in [3.05, 3.63) is 45.1 Å². The third-order valence-corrected chi connectivity index (χ3v) is 4.15. The lowest BCUT2D eigenvalue weighted by molar-refractivity contribution is 0.0527. The van der Waals surface area contributed by atoms with E-state index in [-0.39, 0.29) is 5.97 Å². The van der Waals surface area contributed by atoms with Gasteiger partial charge in [0, 0.05) is 22.8 Å². The third-order valence-electron chi connectivity index (χ3n) is 2.85. The highest BCUT2D eigenvalue weighted by Gasteiger charge is 2.12. The Morgan fingerprint density at radius 1 is 1.38 bits per heavy atom. The van der Waals surface area contributed by atoms with Gasteiger partial charge in [-0.05, 0) is 43.7 Å². The van der Waals surface area contributed by atoms with Crippen LogP contribution in [0.1, 0.15) is 22.2 Å². The molecule has 0 amide bonds. The van der Waals surface area contributed by atoms with E-state index in [0.717, 1.165) is 16.4 Å². The molecule has 1 aromatic carbocycles. The topological polar surface area (TPSA) is 64.3 Å². The number of rotatable bonds is 6. The fourth-order valence-corrected chi connectivity index (χ4v) is 2.99. The van der Waals surface area contributed by atoms with E-state index >= 15 is 0 Å². The van der Waals surface area contributed by atoms with Crippen molar-refractivity contribution in [2.24, 2.45) is 0 Å². The average Bonchev–Trinajstić information content (AvgIpc) is 2.86. The lowest BCUT2D eigenvalue weighted by atomic mass is 10.1. The minimum absolute atomic E-state index is 0.334. The van der Waals surface area contributed by atoms with E-state index in [0.29, 0.717) is 24.4 Å². The van der Waals surface area contributed by atoms with E-state index in [9.17, 15) is 4.79 Å². The number of nitrogens with two attached hydrogens (primary N) is 1. The molecule has 0 aliphatic heterocycles. The van der Waals surface area contributed by atoms with E-state index < -0.39 is 0 Å². The molecular formula is C15H17ClN2O2S. The van der Waals surface area contributed by atoms with Gasteiger partial charge in [0.15, 0.2) is 0 Å². The molecule has 0 unspecified atom stereocenters. The van der Waals surface area contributed by atoms with E-state index in [2.05, 4.69) is 5.32 Å². The molecule has 0 saturated carbocycles. The van der Waals surface area contributed by atoms with Gasteiger partial charge < -0.3 is 15.8 Å². The van der Waals surface area contributed by atoms with Gasteiger partial charge in [0.05, 0.1) is 16.5 Å². The molecule has 0 bridgehead atoms. The summed E-state index contributed by atoms with van der Waals surface area (Å²) < 4.78 is 5.82. The van der Waals surface area contributed by atoms with Crippen LogP contribution in [-0.2, 0) is 11.2 Å². The lowest BCUT2D eigenvalue weighted by Crippen LogP contribution is -2.12. The molecule has 1 aromatic heterocycles. The third kappa shape index (κ3) is 4.37. The predicted molar refractivity (Wildman–Crippen MR) is 88.3 cm³/mol. The summed E-state index contributed by atoms with van der Waals surface area (Å²) >= 11 is 7.46. The van der Waals surface area contributed by atoms with Gasteiger partial charge in [0.2, 0.25) is 0 Å². The highest BCUT2D eigenvalue weighted by atomic mass is 35.5. The Kier molecular flexibility index (Phi) is 5.47. The van der Waals surface area contributed by atoms with Gasteiger partial charge in [-0.15, -0.1) is 11.3 Å². The van der Waals surface area contributed by atoms with Gasteiger partial charge in [-0.2, -0.15) is 0 Å². The molecule has 0 atom stereocenters. The van der Waals surface area contributed by atoms with Gasteiger partial charge in [-0.1, -0.05) is 11.6 Å². The normalized spacial score (nSPS) is 10.4. The van der Waals surface area contributed by atoms with Gasteiger partial charge in [-0.25, -0.2) is 4.79 Å². The molecule has 4 nitrogen and oxygen atoms in total. The van der Waals surface area contributed by atoms with Crippen LogP contribution >= 0.6 is 22.9 Å². The van der Waals surface area contributed by atoms with Gasteiger partial charge in [0.25, 0.3) is 0 Å². The smallest absolute Gasteiger partial charge is 0.340 e. The molecule has 2 rings (SSSR count). The van der Waals surface area contributed by atoms with E-state index in [1.807, 2.05) is 12.1 Å². The van der Waals surface area contributed by atoms with Crippen LogP contribution in [-0.4, -0.2) is 19.1 Å². The van der Waals surface area contributed by atoms with Crippen molar-refractivity contribution >= 4 is 40.3 Å². The Balaban J connectivity index is 2.03. The fourth-order valence-electron chi connectivity index (χ4n) is 1.90. The van der Waals surface area contributed by atoms with Crippen molar-refractivity contribution in [1.29, 1.82) is 0 Å². The van der Waals surface area contributed by atoms with Crippen molar-refractivity contribution in [2.45, 2.75) is 13.3 Å². The summed E-state index contributed by atoms with van der Waals surface area (Å²) in [5.74, 6) is -0.369. The molecule has 6 heteroatoms. The van der Waals surface area contributed by atoms with Gasteiger partial charge >= 0.3 is 5.97 Å². The first-order valence-corrected chi connectivity index (χ1v) is 7.84. The molecule has 0 radical (unpaired) electrons. The minimum atomic E-state index is -0.369. The second-order valence-electron chi connectivity index (χ2n) is 4.41. The van der Waals surface area contributed by atoms with Crippen molar-refractivity contribution in [1.82, 2.24) is 0 Å². The zero-order chi connectivity index (χ0) is 15.2. The summed E-state index contributed by atoms with van der Waals surface area (Å²) in [6.07, 6.45) is 0.837. The summed E-state index contributed by atoms with van der Waals surface area (Å²) in [7, 11) is 0. The highest BCUT2D eigenvalue weighted by Crippen LogP contribution is 2.23. The van der Waals surface area contributed by atoms with Gasteiger partial charge in [0.1, 0.15) is 0 Å². The number of hydrogen-bond acceptors (Lipinski definition) is 5. The Hall–Kier alpha value is -1.72. The predicted octanol–water partition coefficient (Wildman–Crippen LogP) is 3.82. The lowest BCUT2D eigenvalue weighted by Gasteiger charge is -2.11. The van der Waals surface area contributed by atoms with Crippen molar-refractivity contribution in [3.63, 3.8) is 0 Å². The SMILES string of the molecule is CCOC(=O)c1cc(N)ccc1NCCc1ccc(Cl)s1. The maximum atomic E-state index is 11.9. The quantitative estimate of drug-likeness (QED) is 0.626. The van der Waals surface area contributed by atoms with Crippen LogP contribution in [0.25, 0.3) is 0 Å². The van der Waals surface area contributed by atoms with Crippen molar-refractivity contribution in [3.8, 4) is 0 Å². The molecular weight excluding hydrogens is 308 g/mol. The first kappa shape index (κ1) is 15.7. The number of ether oxygens (including phenoxy) is 1. The number of carbonyl (C=O) groups is 1. The second-order valence-corrected chi connectivity index (χ2v) is 6.21. The zero-order valence-electron chi connectivity index (χ0n) is 11.7. The number of nitrogen functional groups attached to an aromatic ring is 1. The maximum Gasteiger partial charge on any atom is 0.340 e. The molecule has 1 heterocycles. The van der Waals surface area contributed by atoms with Crippen LogP contribution in [0.3, 0.4) is 0 Å². The molecule has 0 spiro atoms. The van der Waals surface area contributed by atoms with E-state index in [1.165, 1.54) is 4.88 Å². The summed E-state index contributed by atoms with van der Waals surface area (Å²) in [5, 5.41) is 3.24. The first-order chi connectivity index (χ1) is 10.1. The molecule has 2 aromatic rings. The summed E-state index contributed by atoms with van der Waals surface area (Å²) in [4.78, 5) is 13.1.